The number of ether oxygens (including phenoxy) is 1. The van der Waals surface area contributed by atoms with E-state index in [-0.39, 0.29) is 24.3 Å². The average molecular weight is 425 g/mol. The van der Waals surface area contributed by atoms with E-state index in [9.17, 15) is 18.3 Å². The van der Waals surface area contributed by atoms with Crippen LogP contribution in [0.5, 0.6) is 5.75 Å². The van der Waals surface area contributed by atoms with Crippen LogP contribution in [0.25, 0.3) is 0 Å². The van der Waals surface area contributed by atoms with Crippen molar-refractivity contribution in [2.24, 2.45) is 12.0 Å². The number of rotatable bonds is 7. The van der Waals surface area contributed by atoms with Crippen LogP contribution in [0.2, 0.25) is 0 Å². The summed E-state index contributed by atoms with van der Waals surface area (Å²) in [6.07, 6.45) is -0.765. The molecule has 10 heteroatoms. The predicted molar refractivity (Wildman–Crippen MR) is 106 cm³/mol. The predicted octanol–water partition coefficient (Wildman–Crippen LogP) is 2.64. The van der Waals surface area contributed by atoms with E-state index in [1.165, 1.54) is 12.1 Å². The van der Waals surface area contributed by atoms with Gasteiger partial charge in [-0.3, -0.25) is 4.68 Å². The molecule has 7 nitrogen and oxygen atoms in total. The number of para-hydroxylation sites is 1. The van der Waals surface area contributed by atoms with Gasteiger partial charge in [-0.05, 0) is 31.9 Å². The third kappa shape index (κ3) is 5.65. The maximum atomic E-state index is 12.7. The summed E-state index contributed by atoms with van der Waals surface area (Å²) in [6.45, 7) is 4.26. The standard InChI is InChI=1S/C20H26F3N5O2/c1-4-24-18(25-12-19(2,29)13-10-26-28(3)11-13)27-16-9-15(16)14-7-5-6-8-17(14)30-20(21,22)23/h5-8,10-11,15-16,29H,4,9,12H2,1-3H3,(H2,24,25,27). The molecule has 1 aliphatic rings. The number of hydrogen-bond donors (Lipinski definition) is 3. The number of aryl methyl sites for hydroxylation is 1. The molecule has 1 aromatic carbocycles. The van der Waals surface area contributed by atoms with Gasteiger partial charge < -0.3 is 20.5 Å². The molecule has 3 N–H and O–H groups in total. The van der Waals surface area contributed by atoms with Gasteiger partial charge in [0.2, 0.25) is 0 Å². The van der Waals surface area contributed by atoms with E-state index in [0.717, 1.165) is 0 Å². The molecule has 1 fully saturated rings. The second-order valence-corrected chi connectivity index (χ2v) is 7.55. The summed E-state index contributed by atoms with van der Waals surface area (Å²) < 4.78 is 43.8. The summed E-state index contributed by atoms with van der Waals surface area (Å²) in [6, 6.07) is 6.09. The number of aliphatic hydroxyl groups is 1. The summed E-state index contributed by atoms with van der Waals surface area (Å²) in [4.78, 5) is 4.46. The lowest BCUT2D eigenvalue weighted by atomic mass is 10.0. The number of alkyl halides is 3. The van der Waals surface area contributed by atoms with Gasteiger partial charge in [0.15, 0.2) is 5.96 Å². The Kier molecular flexibility index (Phi) is 6.25. The Morgan fingerprint density at radius 3 is 2.73 bits per heavy atom. The Morgan fingerprint density at radius 1 is 1.37 bits per heavy atom. The van der Waals surface area contributed by atoms with Crippen molar-refractivity contribution in [2.75, 3.05) is 13.1 Å². The van der Waals surface area contributed by atoms with Gasteiger partial charge in [-0.25, -0.2) is 4.99 Å². The summed E-state index contributed by atoms with van der Waals surface area (Å²) in [5.74, 6) is 0.190. The van der Waals surface area contributed by atoms with Gasteiger partial charge in [0.05, 0.1) is 12.7 Å². The molecule has 0 saturated heterocycles. The third-order valence-corrected chi connectivity index (χ3v) is 4.87. The average Bonchev–Trinajstić information content (AvgIpc) is 3.26. The highest BCUT2D eigenvalue weighted by molar-refractivity contribution is 5.80. The first-order valence-corrected chi connectivity index (χ1v) is 9.70. The monoisotopic (exact) mass is 425 g/mol. The maximum Gasteiger partial charge on any atom is 0.573 e. The minimum Gasteiger partial charge on any atom is -0.405 e. The zero-order valence-electron chi connectivity index (χ0n) is 17.1. The Balaban J connectivity index is 1.67. The van der Waals surface area contributed by atoms with Crippen LogP contribution >= 0.6 is 0 Å². The normalized spacial score (nSPS) is 21.1. The van der Waals surface area contributed by atoms with Crippen LogP contribution in [0.4, 0.5) is 13.2 Å². The summed E-state index contributed by atoms with van der Waals surface area (Å²) in [5.41, 5.74) is -0.0511. The van der Waals surface area contributed by atoms with Crippen LogP contribution in [0.1, 0.15) is 37.3 Å². The number of halogens is 3. The van der Waals surface area contributed by atoms with Crippen LogP contribution in [0.15, 0.2) is 41.7 Å². The summed E-state index contributed by atoms with van der Waals surface area (Å²) in [5, 5.41) is 21.1. The second kappa shape index (κ2) is 8.55. The number of nitrogens with zero attached hydrogens (tertiary/aromatic N) is 3. The van der Waals surface area contributed by atoms with Crippen molar-refractivity contribution in [3.05, 3.63) is 47.8 Å². The molecule has 3 atom stereocenters. The molecule has 30 heavy (non-hydrogen) atoms. The quantitative estimate of drug-likeness (QED) is 0.469. The van der Waals surface area contributed by atoms with Crippen LogP contribution in [-0.4, -0.2) is 46.3 Å². The van der Waals surface area contributed by atoms with Gasteiger partial charge in [0.1, 0.15) is 11.4 Å². The molecule has 0 amide bonds. The molecule has 1 heterocycles. The van der Waals surface area contributed by atoms with Crippen molar-refractivity contribution in [1.82, 2.24) is 20.4 Å². The largest absolute Gasteiger partial charge is 0.573 e. The molecule has 0 spiro atoms. The number of nitrogens with one attached hydrogen (secondary N) is 2. The Labute approximate surface area is 173 Å². The first kappa shape index (κ1) is 21.9. The molecular weight excluding hydrogens is 399 g/mol. The van der Waals surface area contributed by atoms with Gasteiger partial charge in [0.25, 0.3) is 0 Å². The van der Waals surface area contributed by atoms with Crippen molar-refractivity contribution in [2.45, 2.75) is 44.2 Å². The van der Waals surface area contributed by atoms with Crippen molar-refractivity contribution in [3.8, 4) is 5.75 Å². The highest BCUT2D eigenvalue weighted by Crippen LogP contribution is 2.45. The number of benzene rings is 1. The van der Waals surface area contributed by atoms with Gasteiger partial charge in [-0.2, -0.15) is 5.10 Å². The van der Waals surface area contributed by atoms with Crippen LogP contribution in [0.3, 0.4) is 0 Å². The molecular formula is C20H26F3N5O2. The molecule has 1 saturated carbocycles. The third-order valence-electron chi connectivity index (χ3n) is 4.87. The molecule has 0 aliphatic heterocycles. The fraction of sp³-hybridized carbons (Fsp3) is 0.500. The fourth-order valence-corrected chi connectivity index (χ4v) is 3.22. The van der Waals surface area contributed by atoms with E-state index in [4.69, 9.17) is 0 Å². The first-order valence-electron chi connectivity index (χ1n) is 9.70. The first-order chi connectivity index (χ1) is 14.1. The fourth-order valence-electron chi connectivity index (χ4n) is 3.22. The number of guanidine groups is 1. The Hall–Kier alpha value is -2.75. The Morgan fingerprint density at radius 2 is 2.10 bits per heavy atom. The molecule has 0 radical (unpaired) electrons. The van der Waals surface area contributed by atoms with Crippen LogP contribution in [0, 0.1) is 0 Å². The maximum absolute atomic E-state index is 12.7. The highest BCUT2D eigenvalue weighted by atomic mass is 19.4. The van der Waals surface area contributed by atoms with E-state index in [0.29, 0.717) is 30.1 Å². The Bertz CT molecular complexity index is 895. The molecule has 1 aromatic heterocycles. The van der Waals surface area contributed by atoms with Crippen LogP contribution in [-0.2, 0) is 12.6 Å². The number of aliphatic imine (C=N–C) groups is 1. The zero-order valence-corrected chi connectivity index (χ0v) is 17.1. The van der Waals surface area contributed by atoms with Crippen molar-refractivity contribution < 1.29 is 23.0 Å². The van der Waals surface area contributed by atoms with Crippen molar-refractivity contribution in [3.63, 3.8) is 0 Å². The van der Waals surface area contributed by atoms with E-state index in [2.05, 4.69) is 25.5 Å². The molecule has 3 unspecified atom stereocenters. The summed E-state index contributed by atoms with van der Waals surface area (Å²) in [7, 11) is 1.77. The highest BCUT2D eigenvalue weighted by Gasteiger charge is 2.42. The van der Waals surface area contributed by atoms with E-state index < -0.39 is 12.0 Å². The lowest BCUT2D eigenvalue weighted by Gasteiger charge is -2.20. The minimum absolute atomic E-state index is 0.0795. The molecule has 1 aliphatic carbocycles. The molecule has 3 rings (SSSR count). The van der Waals surface area contributed by atoms with Gasteiger partial charge >= 0.3 is 6.36 Å². The molecule has 2 aromatic rings. The SMILES string of the molecule is CCNC(=NCC(C)(O)c1cnn(C)c1)NC1CC1c1ccccc1OC(F)(F)F. The zero-order chi connectivity index (χ0) is 21.9. The lowest BCUT2D eigenvalue weighted by molar-refractivity contribution is -0.274. The topological polar surface area (TPSA) is 83.7 Å². The van der Waals surface area contributed by atoms with Gasteiger partial charge in [-0.1, -0.05) is 18.2 Å². The summed E-state index contributed by atoms with van der Waals surface area (Å²) >= 11 is 0. The van der Waals surface area contributed by atoms with Gasteiger partial charge in [0, 0.05) is 37.3 Å². The van der Waals surface area contributed by atoms with Crippen molar-refractivity contribution in [1.29, 1.82) is 0 Å². The second-order valence-electron chi connectivity index (χ2n) is 7.55. The smallest absolute Gasteiger partial charge is 0.405 e. The van der Waals surface area contributed by atoms with E-state index >= 15 is 0 Å². The lowest BCUT2D eigenvalue weighted by Crippen LogP contribution is -2.40. The minimum atomic E-state index is -4.73. The van der Waals surface area contributed by atoms with E-state index in [1.54, 1.807) is 43.2 Å². The van der Waals surface area contributed by atoms with Gasteiger partial charge in [-0.15, -0.1) is 13.2 Å². The molecule has 0 bridgehead atoms. The van der Waals surface area contributed by atoms with E-state index in [1.807, 2.05) is 6.92 Å². The van der Waals surface area contributed by atoms with Crippen LogP contribution < -0.4 is 15.4 Å². The molecule has 164 valence electrons. The number of aromatic nitrogens is 2. The van der Waals surface area contributed by atoms with Crippen molar-refractivity contribution >= 4 is 5.96 Å². The number of hydrogen-bond acceptors (Lipinski definition) is 4.